The van der Waals surface area contributed by atoms with Gasteiger partial charge in [0.05, 0.1) is 0 Å². The first-order valence-corrected chi connectivity index (χ1v) is 7.85. The molecule has 1 amide bonds. The minimum atomic E-state index is -0.469. The largest absolute Gasteiger partial charge is 0.444 e. The monoisotopic (exact) mass is 351 g/mol. The highest BCUT2D eigenvalue weighted by Gasteiger charge is 2.15. The molecule has 1 rings (SSSR count). The fourth-order valence-electron chi connectivity index (χ4n) is 1.68. The highest BCUT2D eigenvalue weighted by molar-refractivity contribution is 9.10. The molecule has 1 N–H and O–H groups in total. The Morgan fingerprint density at radius 1 is 1.38 bits per heavy atom. The Hall–Kier alpha value is -1.47. The molecule has 0 aliphatic heterocycles. The van der Waals surface area contributed by atoms with Crippen LogP contribution in [0.5, 0.6) is 0 Å². The van der Waals surface area contributed by atoms with E-state index in [0.29, 0.717) is 13.0 Å². The summed E-state index contributed by atoms with van der Waals surface area (Å²) < 4.78 is 6.21. The van der Waals surface area contributed by atoms with Crippen molar-refractivity contribution in [3.8, 4) is 11.8 Å². The molecule has 1 aromatic carbocycles. The van der Waals surface area contributed by atoms with Crippen molar-refractivity contribution in [1.29, 1.82) is 0 Å². The second-order valence-corrected chi connectivity index (χ2v) is 6.55. The summed E-state index contributed by atoms with van der Waals surface area (Å²) in [4.78, 5) is 11.4. The van der Waals surface area contributed by atoms with Crippen LogP contribution in [0.15, 0.2) is 22.7 Å². The Balaban J connectivity index is 2.45. The van der Waals surface area contributed by atoms with Gasteiger partial charge in [-0.1, -0.05) is 34.7 Å². The number of alkyl carbamates (subject to hydrolysis) is 1. The first-order valence-electron chi connectivity index (χ1n) is 7.06. The molecule has 0 heterocycles. The Morgan fingerprint density at radius 3 is 2.71 bits per heavy atom. The standard InChI is InChI=1S/C17H22BrNO2/c1-5-13-12-15(18)10-9-14(13)8-6-7-11-19-16(20)21-17(2,3)4/h9-10,12H,5,7,11H2,1-4H3,(H,19,20). The fourth-order valence-corrected chi connectivity index (χ4v) is 2.08. The number of carbonyl (C=O) groups is 1. The summed E-state index contributed by atoms with van der Waals surface area (Å²) in [6.07, 6.45) is 1.14. The predicted molar refractivity (Wildman–Crippen MR) is 89.3 cm³/mol. The Bertz CT molecular complexity index is 550. The van der Waals surface area contributed by atoms with Crippen molar-refractivity contribution < 1.29 is 9.53 Å². The summed E-state index contributed by atoms with van der Waals surface area (Å²) in [6, 6.07) is 6.09. The highest BCUT2D eigenvalue weighted by atomic mass is 79.9. The van der Waals surface area contributed by atoms with Crippen LogP contribution in [0.4, 0.5) is 4.79 Å². The maximum absolute atomic E-state index is 11.4. The first kappa shape index (κ1) is 17.6. The van der Waals surface area contributed by atoms with E-state index in [1.165, 1.54) is 5.56 Å². The summed E-state index contributed by atoms with van der Waals surface area (Å²) in [5, 5.41) is 2.69. The van der Waals surface area contributed by atoms with Crippen LogP contribution in [-0.4, -0.2) is 18.2 Å². The van der Waals surface area contributed by atoms with E-state index < -0.39 is 11.7 Å². The predicted octanol–water partition coefficient (Wildman–Crippen LogP) is 4.28. The number of amides is 1. The zero-order valence-electron chi connectivity index (χ0n) is 13.0. The molecular weight excluding hydrogens is 330 g/mol. The van der Waals surface area contributed by atoms with Crippen molar-refractivity contribution in [1.82, 2.24) is 5.32 Å². The van der Waals surface area contributed by atoms with Gasteiger partial charge in [0.25, 0.3) is 0 Å². The van der Waals surface area contributed by atoms with Crippen molar-refractivity contribution in [2.75, 3.05) is 6.54 Å². The smallest absolute Gasteiger partial charge is 0.407 e. The van der Waals surface area contributed by atoms with Gasteiger partial charge in [0, 0.05) is 23.0 Å². The molecule has 0 fully saturated rings. The van der Waals surface area contributed by atoms with Crippen LogP contribution in [-0.2, 0) is 11.2 Å². The molecule has 0 unspecified atom stereocenters. The van der Waals surface area contributed by atoms with E-state index in [4.69, 9.17) is 4.74 Å². The number of halogens is 1. The van der Waals surface area contributed by atoms with Gasteiger partial charge in [-0.15, -0.1) is 0 Å². The van der Waals surface area contributed by atoms with Gasteiger partial charge in [-0.3, -0.25) is 0 Å². The van der Waals surface area contributed by atoms with Crippen molar-refractivity contribution in [2.24, 2.45) is 0 Å². The van der Waals surface area contributed by atoms with Gasteiger partial charge >= 0.3 is 6.09 Å². The van der Waals surface area contributed by atoms with Crippen molar-refractivity contribution in [3.63, 3.8) is 0 Å². The third-order valence-corrected chi connectivity index (χ3v) is 3.08. The Morgan fingerprint density at radius 2 is 2.10 bits per heavy atom. The Labute approximate surface area is 135 Å². The normalized spacial score (nSPS) is 10.5. The summed E-state index contributed by atoms with van der Waals surface area (Å²) in [6.45, 7) is 8.11. The van der Waals surface area contributed by atoms with E-state index in [2.05, 4.69) is 46.1 Å². The van der Waals surface area contributed by atoms with Crippen LogP contribution in [0, 0.1) is 11.8 Å². The number of hydrogen-bond donors (Lipinski definition) is 1. The number of rotatable bonds is 3. The van der Waals surface area contributed by atoms with Crippen LogP contribution in [0.1, 0.15) is 45.2 Å². The summed E-state index contributed by atoms with van der Waals surface area (Å²) in [5.74, 6) is 6.23. The van der Waals surface area contributed by atoms with Crippen LogP contribution < -0.4 is 5.32 Å². The van der Waals surface area contributed by atoms with Crippen molar-refractivity contribution in [3.05, 3.63) is 33.8 Å². The fraction of sp³-hybridized carbons (Fsp3) is 0.471. The first-order chi connectivity index (χ1) is 9.81. The quantitative estimate of drug-likeness (QED) is 0.651. The summed E-state index contributed by atoms with van der Waals surface area (Å²) in [7, 11) is 0. The lowest BCUT2D eigenvalue weighted by atomic mass is 10.1. The number of benzene rings is 1. The van der Waals surface area contributed by atoms with E-state index in [1.54, 1.807) is 0 Å². The maximum atomic E-state index is 11.4. The lowest BCUT2D eigenvalue weighted by Gasteiger charge is -2.19. The molecule has 0 saturated heterocycles. The van der Waals surface area contributed by atoms with Crippen LogP contribution in [0.3, 0.4) is 0 Å². The highest BCUT2D eigenvalue weighted by Crippen LogP contribution is 2.16. The van der Waals surface area contributed by atoms with Gasteiger partial charge in [-0.2, -0.15) is 0 Å². The molecule has 4 heteroatoms. The van der Waals surface area contributed by atoms with Gasteiger partial charge in [0.2, 0.25) is 0 Å². The molecule has 0 spiro atoms. The number of hydrogen-bond acceptors (Lipinski definition) is 2. The van der Waals surface area contributed by atoms with Gasteiger partial charge < -0.3 is 10.1 Å². The summed E-state index contributed by atoms with van der Waals surface area (Å²) in [5.41, 5.74) is 1.79. The lowest BCUT2D eigenvalue weighted by molar-refractivity contribution is 0.0529. The zero-order valence-corrected chi connectivity index (χ0v) is 14.6. The second-order valence-electron chi connectivity index (χ2n) is 5.64. The van der Waals surface area contributed by atoms with Gasteiger partial charge in [-0.25, -0.2) is 4.79 Å². The molecule has 3 nitrogen and oxygen atoms in total. The molecule has 0 aliphatic carbocycles. The molecule has 0 saturated carbocycles. The zero-order chi connectivity index (χ0) is 15.9. The van der Waals surface area contributed by atoms with E-state index >= 15 is 0 Å². The Kier molecular flexibility index (Phi) is 6.77. The molecule has 1 aromatic rings. The third-order valence-electron chi connectivity index (χ3n) is 2.59. The lowest BCUT2D eigenvalue weighted by Crippen LogP contribution is -2.32. The van der Waals surface area contributed by atoms with Gasteiger partial charge in [0.1, 0.15) is 5.60 Å². The minimum Gasteiger partial charge on any atom is -0.444 e. The van der Waals surface area contributed by atoms with E-state index in [-0.39, 0.29) is 0 Å². The average Bonchev–Trinajstić information content (AvgIpc) is 2.37. The molecule has 0 bridgehead atoms. The maximum Gasteiger partial charge on any atom is 0.407 e. The average molecular weight is 352 g/mol. The van der Waals surface area contributed by atoms with Crippen molar-refractivity contribution >= 4 is 22.0 Å². The van der Waals surface area contributed by atoms with Gasteiger partial charge in [0.15, 0.2) is 0 Å². The van der Waals surface area contributed by atoms with Crippen LogP contribution >= 0.6 is 15.9 Å². The topological polar surface area (TPSA) is 38.3 Å². The second kappa shape index (κ2) is 8.09. The molecule has 0 aromatic heterocycles. The van der Waals surface area contributed by atoms with E-state index in [0.717, 1.165) is 16.5 Å². The van der Waals surface area contributed by atoms with Crippen LogP contribution in [0.25, 0.3) is 0 Å². The molecule has 21 heavy (non-hydrogen) atoms. The van der Waals surface area contributed by atoms with Crippen molar-refractivity contribution in [2.45, 2.75) is 46.1 Å². The van der Waals surface area contributed by atoms with E-state index in [1.807, 2.05) is 32.9 Å². The molecule has 114 valence electrons. The minimum absolute atomic E-state index is 0.401. The summed E-state index contributed by atoms with van der Waals surface area (Å²) >= 11 is 3.46. The number of aryl methyl sites for hydroxylation is 1. The molecule has 0 radical (unpaired) electrons. The van der Waals surface area contributed by atoms with E-state index in [9.17, 15) is 4.79 Å². The number of ether oxygens (including phenoxy) is 1. The third kappa shape index (κ3) is 7.19. The molecule has 0 atom stereocenters. The number of carbonyl (C=O) groups excluding carboxylic acids is 1. The van der Waals surface area contributed by atoms with Gasteiger partial charge in [-0.05, 0) is 51.0 Å². The number of nitrogens with one attached hydrogen (secondary N) is 1. The molecular formula is C17H22BrNO2. The SMILES string of the molecule is CCc1cc(Br)ccc1C#CCCNC(=O)OC(C)(C)C. The molecule has 0 aliphatic rings. The van der Waals surface area contributed by atoms with Crippen LogP contribution in [0.2, 0.25) is 0 Å².